The number of nitrogens with one attached hydrogen (secondary N) is 1. The minimum atomic E-state index is -0.532. The lowest BCUT2D eigenvalue weighted by molar-refractivity contribution is 0.160. The summed E-state index contributed by atoms with van der Waals surface area (Å²) in [5, 5.41) is 22.3. The van der Waals surface area contributed by atoms with Gasteiger partial charge in [-0.25, -0.2) is 0 Å². The highest BCUT2D eigenvalue weighted by Crippen LogP contribution is 2.20. The fourth-order valence-electron chi connectivity index (χ4n) is 1.88. The molecule has 0 fully saturated rings. The summed E-state index contributed by atoms with van der Waals surface area (Å²) < 4.78 is 5.08. The molecule has 0 spiro atoms. The third-order valence-electron chi connectivity index (χ3n) is 3.23. The molecule has 0 radical (unpaired) electrons. The first-order valence-electron chi connectivity index (χ1n) is 6.62. The number of benzene rings is 1. The van der Waals surface area contributed by atoms with E-state index >= 15 is 0 Å². The second-order valence-electron chi connectivity index (χ2n) is 5.56. The Labute approximate surface area is 115 Å². The topological polar surface area (TPSA) is 61.7 Å². The molecule has 0 amide bonds. The third-order valence-corrected chi connectivity index (χ3v) is 3.23. The van der Waals surface area contributed by atoms with Crippen LogP contribution < -0.4 is 10.1 Å². The summed E-state index contributed by atoms with van der Waals surface area (Å²) in [4.78, 5) is 0. The Kier molecular flexibility index (Phi) is 6.28. The molecule has 1 aromatic rings. The lowest BCUT2D eigenvalue weighted by Gasteiger charge is -2.25. The SMILES string of the molecule is COc1ccc(C(O)CNCC(C)(C)CCO)cc1. The molecule has 0 aliphatic carbocycles. The van der Waals surface area contributed by atoms with E-state index in [-0.39, 0.29) is 12.0 Å². The van der Waals surface area contributed by atoms with Crippen LogP contribution in [0.4, 0.5) is 0 Å². The van der Waals surface area contributed by atoms with Crippen molar-refractivity contribution in [2.24, 2.45) is 5.41 Å². The molecular formula is C15H25NO3. The van der Waals surface area contributed by atoms with E-state index in [0.29, 0.717) is 6.54 Å². The van der Waals surface area contributed by atoms with E-state index in [0.717, 1.165) is 24.3 Å². The van der Waals surface area contributed by atoms with E-state index in [1.807, 2.05) is 24.3 Å². The molecule has 1 unspecified atom stereocenters. The zero-order valence-corrected chi connectivity index (χ0v) is 12.0. The number of hydrogen-bond donors (Lipinski definition) is 3. The van der Waals surface area contributed by atoms with E-state index in [1.54, 1.807) is 7.11 Å². The maximum Gasteiger partial charge on any atom is 0.118 e. The quantitative estimate of drug-likeness (QED) is 0.671. The molecule has 0 bridgehead atoms. The molecular weight excluding hydrogens is 242 g/mol. The molecule has 1 atom stereocenters. The number of methoxy groups -OCH3 is 1. The molecule has 4 nitrogen and oxygen atoms in total. The van der Waals surface area contributed by atoms with E-state index in [2.05, 4.69) is 19.2 Å². The van der Waals surface area contributed by atoms with Gasteiger partial charge in [-0.2, -0.15) is 0 Å². The Morgan fingerprint density at radius 3 is 2.42 bits per heavy atom. The first kappa shape index (κ1) is 16.0. The van der Waals surface area contributed by atoms with Crippen LogP contribution >= 0.6 is 0 Å². The molecule has 1 rings (SSSR count). The minimum Gasteiger partial charge on any atom is -0.497 e. The molecule has 108 valence electrons. The molecule has 0 aromatic heterocycles. The summed E-state index contributed by atoms with van der Waals surface area (Å²) in [6, 6.07) is 7.41. The van der Waals surface area contributed by atoms with E-state index < -0.39 is 6.10 Å². The molecule has 0 aliphatic rings. The van der Waals surface area contributed by atoms with Gasteiger partial charge < -0.3 is 20.3 Å². The van der Waals surface area contributed by atoms with Crippen molar-refractivity contribution in [3.8, 4) is 5.75 Å². The van der Waals surface area contributed by atoms with Crippen LogP contribution in [0.5, 0.6) is 5.75 Å². The van der Waals surface area contributed by atoms with Crippen LogP contribution in [0.15, 0.2) is 24.3 Å². The van der Waals surface area contributed by atoms with Crippen molar-refractivity contribution in [1.29, 1.82) is 0 Å². The van der Waals surface area contributed by atoms with Crippen LogP contribution in [0.25, 0.3) is 0 Å². The Hall–Kier alpha value is -1.10. The predicted molar refractivity (Wildman–Crippen MR) is 76.3 cm³/mol. The number of aliphatic hydroxyl groups is 2. The molecule has 0 heterocycles. The smallest absolute Gasteiger partial charge is 0.118 e. The van der Waals surface area contributed by atoms with E-state index in [1.165, 1.54) is 0 Å². The number of rotatable bonds is 8. The molecule has 3 N–H and O–H groups in total. The van der Waals surface area contributed by atoms with Crippen LogP contribution in [0.3, 0.4) is 0 Å². The van der Waals surface area contributed by atoms with Crippen LogP contribution in [0, 0.1) is 5.41 Å². The number of ether oxygens (including phenoxy) is 1. The predicted octanol–water partition coefficient (Wildman–Crippen LogP) is 1.73. The summed E-state index contributed by atoms with van der Waals surface area (Å²) in [6.45, 7) is 5.64. The Balaban J connectivity index is 2.40. The first-order valence-corrected chi connectivity index (χ1v) is 6.62. The first-order chi connectivity index (χ1) is 8.98. The molecule has 0 aliphatic heterocycles. The zero-order valence-electron chi connectivity index (χ0n) is 12.0. The van der Waals surface area contributed by atoms with Crippen LogP contribution in [-0.4, -0.2) is 37.0 Å². The molecule has 1 aromatic carbocycles. The van der Waals surface area contributed by atoms with Gasteiger partial charge in [-0.15, -0.1) is 0 Å². The van der Waals surface area contributed by atoms with Gasteiger partial charge in [-0.05, 0) is 29.5 Å². The fraction of sp³-hybridized carbons (Fsp3) is 0.600. The maximum absolute atomic E-state index is 10.1. The summed E-state index contributed by atoms with van der Waals surface area (Å²) in [6.07, 6.45) is 0.217. The van der Waals surface area contributed by atoms with Crippen molar-refractivity contribution in [3.63, 3.8) is 0 Å². The number of aliphatic hydroxyl groups excluding tert-OH is 2. The summed E-state index contributed by atoms with van der Waals surface area (Å²) in [7, 11) is 1.62. The highest BCUT2D eigenvalue weighted by Gasteiger charge is 2.17. The molecule has 0 saturated heterocycles. The summed E-state index contributed by atoms with van der Waals surface area (Å²) >= 11 is 0. The molecule has 0 saturated carbocycles. The van der Waals surface area contributed by atoms with Crippen molar-refractivity contribution in [2.45, 2.75) is 26.4 Å². The van der Waals surface area contributed by atoms with Gasteiger partial charge in [-0.1, -0.05) is 26.0 Å². The normalized spacial score (nSPS) is 13.3. The van der Waals surface area contributed by atoms with Crippen molar-refractivity contribution < 1.29 is 14.9 Å². The third kappa shape index (κ3) is 5.59. The van der Waals surface area contributed by atoms with Crippen LogP contribution in [0.2, 0.25) is 0 Å². The van der Waals surface area contributed by atoms with Gasteiger partial charge in [0.05, 0.1) is 13.2 Å². The van der Waals surface area contributed by atoms with Gasteiger partial charge in [0, 0.05) is 19.7 Å². The van der Waals surface area contributed by atoms with Crippen LogP contribution in [0.1, 0.15) is 31.9 Å². The average Bonchev–Trinajstić information content (AvgIpc) is 2.38. The fourth-order valence-corrected chi connectivity index (χ4v) is 1.88. The van der Waals surface area contributed by atoms with Gasteiger partial charge in [0.15, 0.2) is 0 Å². The Morgan fingerprint density at radius 1 is 1.26 bits per heavy atom. The summed E-state index contributed by atoms with van der Waals surface area (Å²) in [5.74, 6) is 0.785. The van der Waals surface area contributed by atoms with Crippen molar-refractivity contribution in [2.75, 3.05) is 26.8 Å². The summed E-state index contributed by atoms with van der Waals surface area (Å²) in [5.41, 5.74) is 0.905. The van der Waals surface area contributed by atoms with E-state index in [9.17, 15) is 5.11 Å². The Morgan fingerprint density at radius 2 is 1.89 bits per heavy atom. The van der Waals surface area contributed by atoms with E-state index in [4.69, 9.17) is 9.84 Å². The van der Waals surface area contributed by atoms with Gasteiger partial charge in [0.25, 0.3) is 0 Å². The highest BCUT2D eigenvalue weighted by molar-refractivity contribution is 5.28. The minimum absolute atomic E-state index is 0.0361. The lowest BCUT2D eigenvalue weighted by Crippen LogP contribution is -2.32. The lowest BCUT2D eigenvalue weighted by atomic mass is 9.89. The van der Waals surface area contributed by atoms with Crippen LogP contribution in [-0.2, 0) is 0 Å². The highest BCUT2D eigenvalue weighted by atomic mass is 16.5. The second kappa shape index (κ2) is 7.48. The van der Waals surface area contributed by atoms with Crippen molar-refractivity contribution in [1.82, 2.24) is 5.32 Å². The van der Waals surface area contributed by atoms with Crippen molar-refractivity contribution >= 4 is 0 Å². The van der Waals surface area contributed by atoms with Gasteiger partial charge in [-0.3, -0.25) is 0 Å². The second-order valence-corrected chi connectivity index (χ2v) is 5.56. The monoisotopic (exact) mass is 267 g/mol. The largest absolute Gasteiger partial charge is 0.497 e. The molecule has 4 heteroatoms. The van der Waals surface area contributed by atoms with Crippen molar-refractivity contribution in [3.05, 3.63) is 29.8 Å². The van der Waals surface area contributed by atoms with Gasteiger partial charge >= 0.3 is 0 Å². The zero-order chi connectivity index (χ0) is 14.3. The maximum atomic E-state index is 10.1. The van der Waals surface area contributed by atoms with Gasteiger partial charge in [0.2, 0.25) is 0 Å². The molecule has 19 heavy (non-hydrogen) atoms. The average molecular weight is 267 g/mol. The Bertz CT molecular complexity index is 362. The standard InChI is InChI=1S/C15H25NO3/c1-15(2,8-9-17)11-16-10-14(18)12-4-6-13(19-3)7-5-12/h4-7,14,16-18H,8-11H2,1-3H3. The van der Waals surface area contributed by atoms with Gasteiger partial charge in [0.1, 0.15) is 5.75 Å². The number of hydrogen-bond acceptors (Lipinski definition) is 4.